The maximum absolute atomic E-state index is 11.6. The second kappa shape index (κ2) is 7.29. The Morgan fingerprint density at radius 3 is 2.65 bits per heavy atom. The molecule has 1 amide bonds. The smallest absolute Gasteiger partial charge is 0.234 e. The highest BCUT2D eigenvalue weighted by atomic mass is 16.5. The van der Waals surface area contributed by atoms with Crippen LogP contribution in [0.4, 0.5) is 0 Å². The summed E-state index contributed by atoms with van der Waals surface area (Å²) < 4.78 is 5.14. The van der Waals surface area contributed by atoms with E-state index in [-0.39, 0.29) is 5.91 Å². The van der Waals surface area contributed by atoms with Gasteiger partial charge in [0.15, 0.2) is 0 Å². The van der Waals surface area contributed by atoms with Crippen molar-refractivity contribution >= 4 is 5.91 Å². The molecule has 1 aromatic carbocycles. The lowest BCUT2D eigenvalue weighted by Gasteiger charge is -2.13. The topological polar surface area (TPSA) is 50.4 Å². The fourth-order valence-corrected chi connectivity index (χ4v) is 2.05. The molecule has 0 heterocycles. The van der Waals surface area contributed by atoms with Gasteiger partial charge in [-0.1, -0.05) is 12.1 Å². The van der Waals surface area contributed by atoms with Gasteiger partial charge < -0.3 is 15.4 Å². The Kier molecular flexibility index (Phi) is 5.41. The maximum atomic E-state index is 11.6. The summed E-state index contributed by atoms with van der Waals surface area (Å²) in [5.41, 5.74) is 1.29. The number of hydrogen-bond acceptors (Lipinski definition) is 3. The molecule has 0 saturated heterocycles. The summed E-state index contributed by atoms with van der Waals surface area (Å²) in [4.78, 5) is 11.6. The predicted molar refractivity (Wildman–Crippen MR) is 79.9 cm³/mol. The lowest BCUT2D eigenvalue weighted by molar-refractivity contribution is -0.120. The van der Waals surface area contributed by atoms with Crippen LogP contribution < -0.4 is 15.4 Å². The largest absolute Gasteiger partial charge is 0.497 e. The van der Waals surface area contributed by atoms with Gasteiger partial charge in [0.1, 0.15) is 5.75 Å². The van der Waals surface area contributed by atoms with E-state index in [0.717, 1.165) is 31.4 Å². The summed E-state index contributed by atoms with van der Waals surface area (Å²) >= 11 is 0. The summed E-state index contributed by atoms with van der Waals surface area (Å²) in [7, 11) is 1.67. The highest BCUT2D eigenvalue weighted by Gasteiger charge is 2.22. The Balaban J connectivity index is 1.63. The summed E-state index contributed by atoms with van der Waals surface area (Å²) in [6, 6.07) is 8.92. The number of methoxy groups -OCH3 is 1. The molecule has 1 atom stereocenters. The van der Waals surface area contributed by atoms with Gasteiger partial charge in [0, 0.05) is 12.1 Å². The number of rotatable bonds is 8. The van der Waals surface area contributed by atoms with Gasteiger partial charge in [-0.2, -0.15) is 0 Å². The van der Waals surface area contributed by atoms with Gasteiger partial charge in [0.25, 0.3) is 0 Å². The molecule has 1 aliphatic rings. The standard InChI is InChI=1S/C16H24N2O2/c1-12(17-11-16(19)18-14-7-8-14)3-4-13-5-9-15(20-2)10-6-13/h5-6,9-10,12,14,17H,3-4,7-8,11H2,1-2H3,(H,18,19). The van der Waals surface area contributed by atoms with Crippen molar-refractivity contribution in [2.45, 2.75) is 44.7 Å². The van der Waals surface area contributed by atoms with Gasteiger partial charge >= 0.3 is 0 Å². The van der Waals surface area contributed by atoms with E-state index in [2.05, 4.69) is 29.7 Å². The van der Waals surface area contributed by atoms with E-state index in [1.54, 1.807) is 7.11 Å². The van der Waals surface area contributed by atoms with E-state index in [0.29, 0.717) is 18.6 Å². The molecule has 0 aromatic heterocycles. The minimum atomic E-state index is 0.115. The molecule has 0 spiro atoms. The van der Waals surface area contributed by atoms with Crippen LogP contribution in [0.2, 0.25) is 0 Å². The van der Waals surface area contributed by atoms with Crippen molar-refractivity contribution in [2.24, 2.45) is 0 Å². The van der Waals surface area contributed by atoms with E-state index < -0.39 is 0 Å². The number of benzene rings is 1. The summed E-state index contributed by atoms with van der Waals surface area (Å²) in [6.07, 6.45) is 4.29. The fourth-order valence-electron chi connectivity index (χ4n) is 2.05. The molecule has 4 nitrogen and oxygen atoms in total. The first-order valence-corrected chi connectivity index (χ1v) is 7.33. The minimum absolute atomic E-state index is 0.115. The average molecular weight is 276 g/mol. The van der Waals surface area contributed by atoms with Crippen LogP contribution in [0.25, 0.3) is 0 Å². The summed E-state index contributed by atoms with van der Waals surface area (Å²) in [6.45, 7) is 2.54. The monoisotopic (exact) mass is 276 g/mol. The van der Waals surface area contributed by atoms with Crippen molar-refractivity contribution in [2.75, 3.05) is 13.7 Å². The Labute approximate surface area is 120 Å². The molecule has 4 heteroatoms. The quantitative estimate of drug-likeness (QED) is 0.762. The van der Waals surface area contributed by atoms with Gasteiger partial charge in [-0.25, -0.2) is 0 Å². The molecule has 0 bridgehead atoms. The molecule has 20 heavy (non-hydrogen) atoms. The number of nitrogens with one attached hydrogen (secondary N) is 2. The second-order valence-electron chi connectivity index (χ2n) is 5.51. The van der Waals surface area contributed by atoms with Crippen molar-refractivity contribution in [1.82, 2.24) is 10.6 Å². The molecule has 0 aliphatic heterocycles. The van der Waals surface area contributed by atoms with E-state index in [1.165, 1.54) is 5.56 Å². The predicted octanol–water partition coefficient (Wildman–Crippen LogP) is 1.88. The number of aryl methyl sites for hydroxylation is 1. The van der Waals surface area contributed by atoms with Crippen LogP contribution in [0.15, 0.2) is 24.3 Å². The van der Waals surface area contributed by atoms with E-state index in [4.69, 9.17) is 4.74 Å². The zero-order valence-corrected chi connectivity index (χ0v) is 12.3. The molecule has 2 rings (SSSR count). The van der Waals surface area contributed by atoms with Gasteiger partial charge in [0.2, 0.25) is 5.91 Å². The molecule has 0 radical (unpaired) electrons. The molecule has 1 unspecified atom stereocenters. The van der Waals surface area contributed by atoms with Crippen LogP contribution in [0.1, 0.15) is 31.7 Å². The van der Waals surface area contributed by atoms with Crippen LogP contribution in [0.3, 0.4) is 0 Å². The Morgan fingerprint density at radius 2 is 2.05 bits per heavy atom. The normalized spacial score (nSPS) is 15.7. The van der Waals surface area contributed by atoms with Crippen LogP contribution in [-0.4, -0.2) is 31.6 Å². The van der Waals surface area contributed by atoms with Gasteiger partial charge in [-0.05, 0) is 50.3 Å². The number of amides is 1. The molecule has 110 valence electrons. The number of carbonyl (C=O) groups is 1. The molecule has 1 aromatic rings. The number of carbonyl (C=O) groups excluding carboxylic acids is 1. The van der Waals surface area contributed by atoms with Gasteiger partial charge in [-0.15, -0.1) is 0 Å². The summed E-state index contributed by atoms with van der Waals surface area (Å²) in [5, 5.41) is 6.25. The Morgan fingerprint density at radius 1 is 1.35 bits per heavy atom. The third-order valence-electron chi connectivity index (χ3n) is 3.58. The van der Waals surface area contributed by atoms with E-state index >= 15 is 0 Å². The van der Waals surface area contributed by atoms with Crippen molar-refractivity contribution in [3.05, 3.63) is 29.8 Å². The maximum Gasteiger partial charge on any atom is 0.234 e. The highest BCUT2D eigenvalue weighted by Crippen LogP contribution is 2.18. The van der Waals surface area contributed by atoms with Crippen molar-refractivity contribution in [3.8, 4) is 5.75 Å². The summed E-state index contributed by atoms with van der Waals surface area (Å²) in [5.74, 6) is 1.00. The third-order valence-corrected chi connectivity index (χ3v) is 3.58. The molecule has 2 N–H and O–H groups in total. The minimum Gasteiger partial charge on any atom is -0.497 e. The van der Waals surface area contributed by atoms with Gasteiger partial charge in [0.05, 0.1) is 13.7 Å². The van der Waals surface area contributed by atoms with Crippen LogP contribution >= 0.6 is 0 Å². The number of hydrogen-bond donors (Lipinski definition) is 2. The molecule has 1 fully saturated rings. The second-order valence-corrected chi connectivity index (χ2v) is 5.51. The van der Waals surface area contributed by atoms with Crippen molar-refractivity contribution in [3.63, 3.8) is 0 Å². The average Bonchev–Trinajstić information content (AvgIpc) is 3.27. The third kappa shape index (κ3) is 5.21. The van der Waals surface area contributed by atoms with Gasteiger partial charge in [-0.3, -0.25) is 4.79 Å². The first kappa shape index (κ1) is 14.9. The molecule has 1 saturated carbocycles. The zero-order chi connectivity index (χ0) is 14.4. The number of ether oxygens (including phenoxy) is 1. The SMILES string of the molecule is COc1ccc(CCC(C)NCC(=O)NC2CC2)cc1. The zero-order valence-electron chi connectivity index (χ0n) is 12.3. The van der Waals surface area contributed by atoms with Crippen molar-refractivity contribution < 1.29 is 9.53 Å². The lowest BCUT2D eigenvalue weighted by Crippen LogP contribution is -2.39. The van der Waals surface area contributed by atoms with E-state index in [1.807, 2.05) is 12.1 Å². The van der Waals surface area contributed by atoms with Crippen LogP contribution in [-0.2, 0) is 11.2 Å². The highest BCUT2D eigenvalue weighted by molar-refractivity contribution is 5.78. The molecule has 1 aliphatic carbocycles. The lowest BCUT2D eigenvalue weighted by atomic mass is 10.1. The van der Waals surface area contributed by atoms with E-state index in [9.17, 15) is 4.79 Å². The molecular weight excluding hydrogens is 252 g/mol. The Bertz CT molecular complexity index is 427. The first-order valence-electron chi connectivity index (χ1n) is 7.33. The Hall–Kier alpha value is -1.55. The molecular formula is C16H24N2O2. The van der Waals surface area contributed by atoms with Crippen LogP contribution in [0, 0.1) is 0 Å². The fraction of sp³-hybridized carbons (Fsp3) is 0.562. The van der Waals surface area contributed by atoms with Crippen molar-refractivity contribution in [1.29, 1.82) is 0 Å². The first-order chi connectivity index (χ1) is 9.67. The van der Waals surface area contributed by atoms with Crippen LogP contribution in [0.5, 0.6) is 5.75 Å².